The Morgan fingerprint density at radius 2 is 1.88 bits per heavy atom. The number of nitrogens with one attached hydrogen (secondary N) is 2. The lowest BCUT2D eigenvalue weighted by Crippen LogP contribution is -2.11. The van der Waals surface area contributed by atoms with Crippen molar-refractivity contribution in [2.24, 2.45) is 0 Å². The summed E-state index contributed by atoms with van der Waals surface area (Å²) in [6.07, 6.45) is 4.26. The summed E-state index contributed by atoms with van der Waals surface area (Å²) < 4.78 is 10.9. The number of rotatable bonds is 7. The van der Waals surface area contributed by atoms with Crippen LogP contribution in [0.2, 0.25) is 0 Å². The van der Waals surface area contributed by atoms with Crippen LogP contribution in [-0.4, -0.2) is 39.3 Å². The van der Waals surface area contributed by atoms with E-state index in [0.717, 1.165) is 24.6 Å². The molecule has 16 heavy (non-hydrogen) atoms. The van der Waals surface area contributed by atoms with E-state index in [1.807, 2.05) is 6.07 Å². The van der Waals surface area contributed by atoms with Gasteiger partial charge in [-0.1, -0.05) is 6.92 Å². The first-order valence-electron chi connectivity index (χ1n) is 5.32. The average Bonchev–Trinajstić information content (AvgIpc) is 2.26. The van der Waals surface area contributed by atoms with Crippen molar-refractivity contribution in [2.75, 3.05) is 35.7 Å². The van der Waals surface area contributed by atoms with Gasteiger partial charge in [-0.15, -0.1) is 0 Å². The molecule has 0 bridgehead atoms. The molecule has 0 saturated carbocycles. The quantitative estimate of drug-likeness (QED) is 0.749. The van der Waals surface area contributed by atoms with Crippen molar-refractivity contribution in [1.29, 1.82) is 0 Å². The van der Waals surface area contributed by atoms with Crippen LogP contribution in [-0.2, 0) is 10.8 Å². The van der Waals surface area contributed by atoms with E-state index in [4.69, 9.17) is 0 Å². The Bertz CT molecular complexity index is 345. The normalized spacial score (nSPS) is 12.1. The zero-order valence-electron chi connectivity index (χ0n) is 9.69. The van der Waals surface area contributed by atoms with Crippen LogP contribution >= 0.6 is 0 Å². The Balaban J connectivity index is 2.43. The van der Waals surface area contributed by atoms with Crippen molar-refractivity contribution in [3.63, 3.8) is 0 Å². The van der Waals surface area contributed by atoms with E-state index >= 15 is 0 Å². The van der Waals surface area contributed by atoms with Gasteiger partial charge in [0.2, 0.25) is 0 Å². The van der Waals surface area contributed by atoms with Gasteiger partial charge >= 0.3 is 0 Å². The fourth-order valence-corrected chi connectivity index (χ4v) is 1.52. The van der Waals surface area contributed by atoms with E-state index < -0.39 is 10.8 Å². The van der Waals surface area contributed by atoms with Crippen LogP contribution in [0.1, 0.15) is 13.3 Å². The number of nitrogens with zero attached hydrogens (tertiary/aromatic N) is 2. The molecular weight excluding hydrogens is 224 g/mol. The third-order valence-electron chi connectivity index (χ3n) is 1.92. The highest BCUT2D eigenvalue weighted by Gasteiger charge is 1.98. The Labute approximate surface area is 98.5 Å². The van der Waals surface area contributed by atoms with Crippen LogP contribution in [0.15, 0.2) is 12.4 Å². The Morgan fingerprint density at radius 3 is 2.44 bits per heavy atom. The van der Waals surface area contributed by atoms with Crippen LogP contribution in [0.3, 0.4) is 0 Å². The standard InChI is InChI=1S/C10H18N4OS/c1-3-4-11-9-7-10(14-8-13-9)12-5-6-16(2)15/h7-8H,3-6H2,1-2H3,(H2,11,12,13,14). The van der Waals surface area contributed by atoms with Gasteiger partial charge < -0.3 is 10.6 Å². The van der Waals surface area contributed by atoms with E-state index in [2.05, 4.69) is 27.5 Å². The van der Waals surface area contributed by atoms with Crippen LogP contribution in [0.5, 0.6) is 0 Å². The molecule has 1 rings (SSSR count). The van der Waals surface area contributed by atoms with E-state index in [1.54, 1.807) is 6.26 Å². The highest BCUT2D eigenvalue weighted by atomic mass is 32.2. The predicted molar refractivity (Wildman–Crippen MR) is 68.2 cm³/mol. The average molecular weight is 242 g/mol. The molecular formula is C10H18N4OS. The van der Waals surface area contributed by atoms with Crippen molar-refractivity contribution >= 4 is 22.4 Å². The molecule has 1 atom stereocenters. The SMILES string of the molecule is CCCNc1cc(NCCS(C)=O)ncn1. The first-order valence-corrected chi connectivity index (χ1v) is 7.05. The van der Waals surface area contributed by atoms with Gasteiger partial charge in [-0.2, -0.15) is 0 Å². The molecule has 0 aliphatic heterocycles. The lowest BCUT2D eigenvalue weighted by molar-refractivity contribution is 0.687. The van der Waals surface area contributed by atoms with Gasteiger partial charge in [-0.25, -0.2) is 9.97 Å². The van der Waals surface area contributed by atoms with Gasteiger partial charge in [0.15, 0.2) is 0 Å². The third-order valence-corrected chi connectivity index (χ3v) is 2.70. The van der Waals surface area contributed by atoms with Crippen LogP contribution < -0.4 is 10.6 Å². The molecule has 0 aromatic carbocycles. The summed E-state index contributed by atoms with van der Waals surface area (Å²) >= 11 is 0. The minimum Gasteiger partial charge on any atom is -0.370 e. The summed E-state index contributed by atoms with van der Waals surface area (Å²) in [6.45, 7) is 3.66. The molecule has 1 aromatic heterocycles. The fraction of sp³-hybridized carbons (Fsp3) is 0.600. The van der Waals surface area contributed by atoms with E-state index in [-0.39, 0.29) is 0 Å². The van der Waals surface area contributed by atoms with E-state index in [1.165, 1.54) is 6.33 Å². The molecule has 0 amide bonds. The second-order valence-electron chi connectivity index (χ2n) is 3.42. The molecule has 6 heteroatoms. The van der Waals surface area contributed by atoms with Crippen molar-refractivity contribution in [2.45, 2.75) is 13.3 Å². The van der Waals surface area contributed by atoms with Gasteiger partial charge in [0, 0.05) is 42.0 Å². The third kappa shape index (κ3) is 5.06. The van der Waals surface area contributed by atoms with E-state index in [9.17, 15) is 4.21 Å². The number of hydrogen-bond donors (Lipinski definition) is 2. The Hall–Kier alpha value is -1.17. The predicted octanol–water partition coefficient (Wildman–Crippen LogP) is 1.09. The number of aromatic nitrogens is 2. The summed E-state index contributed by atoms with van der Waals surface area (Å²) in [7, 11) is -0.771. The second-order valence-corrected chi connectivity index (χ2v) is 4.97. The highest BCUT2D eigenvalue weighted by Crippen LogP contribution is 2.07. The lowest BCUT2D eigenvalue weighted by atomic mass is 10.4. The number of anilines is 2. The minimum atomic E-state index is -0.771. The molecule has 2 N–H and O–H groups in total. The zero-order valence-corrected chi connectivity index (χ0v) is 10.5. The minimum absolute atomic E-state index is 0.627. The molecule has 0 aliphatic carbocycles. The molecule has 0 fully saturated rings. The van der Waals surface area contributed by atoms with Crippen LogP contribution in [0.4, 0.5) is 11.6 Å². The summed E-state index contributed by atoms with van der Waals surface area (Å²) in [5, 5.41) is 6.29. The topological polar surface area (TPSA) is 66.9 Å². The molecule has 1 heterocycles. The summed E-state index contributed by atoms with van der Waals surface area (Å²) in [5.41, 5.74) is 0. The largest absolute Gasteiger partial charge is 0.370 e. The molecule has 5 nitrogen and oxygen atoms in total. The van der Waals surface area contributed by atoms with Crippen LogP contribution in [0.25, 0.3) is 0 Å². The van der Waals surface area contributed by atoms with E-state index in [0.29, 0.717) is 12.3 Å². The summed E-state index contributed by atoms with van der Waals surface area (Å²) in [5.74, 6) is 2.21. The van der Waals surface area contributed by atoms with Crippen molar-refractivity contribution in [3.05, 3.63) is 12.4 Å². The van der Waals surface area contributed by atoms with Crippen molar-refractivity contribution in [1.82, 2.24) is 9.97 Å². The monoisotopic (exact) mass is 242 g/mol. The molecule has 1 aromatic rings. The van der Waals surface area contributed by atoms with Crippen LogP contribution in [0, 0.1) is 0 Å². The maximum atomic E-state index is 10.9. The molecule has 0 radical (unpaired) electrons. The highest BCUT2D eigenvalue weighted by molar-refractivity contribution is 7.84. The van der Waals surface area contributed by atoms with Gasteiger partial charge in [-0.05, 0) is 6.42 Å². The summed E-state index contributed by atoms with van der Waals surface area (Å²) in [4.78, 5) is 8.18. The van der Waals surface area contributed by atoms with Crippen molar-refractivity contribution < 1.29 is 4.21 Å². The van der Waals surface area contributed by atoms with Gasteiger partial charge in [0.1, 0.15) is 18.0 Å². The smallest absolute Gasteiger partial charge is 0.131 e. The maximum absolute atomic E-state index is 10.9. The Kier molecular flexibility index (Phi) is 5.77. The lowest BCUT2D eigenvalue weighted by Gasteiger charge is -2.07. The van der Waals surface area contributed by atoms with Crippen molar-refractivity contribution in [3.8, 4) is 0 Å². The van der Waals surface area contributed by atoms with Gasteiger partial charge in [-0.3, -0.25) is 4.21 Å². The number of hydrogen-bond acceptors (Lipinski definition) is 5. The van der Waals surface area contributed by atoms with Gasteiger partial charge in [0.05, 0.1) is 0 Å². The molecule has 0 aliphatic rings. The Morgan fingerprint density at radius 1 is 1.25 bits per heavy atom. The molecule has 0 spiro atoms. The molecule has 0 saturated heterocycles. The zero-order chi connectivity index (χ0) is 11.8. The fourth-order valence-electron chi connectivity index (χ4n) is 1.13. The molecule has 1 unspecified atom stereocenters. The first-order chi connectivity index (χ1) is 7.72. The van der Waals surface area contributed by atoms with Gasteiger partial charge in [0.25, 0.3) is 0 Å². The molecule has 90 valence electrons. The summed E-state index contributed by atoms with van der Waals surface area (Å²) in [6, 6.07) is 1.86. The first kappa shape index (κ1) is 12.9. The maximum Gasteiger partial charge on any atom is 0.131 e. The second kappa shape index (κ2) is 7.16.